The van der Waals surface area contributed by atoms with E-state index in [4.69, 9.17) is 9.47 Å². The lowest BCUT2D eigenvalue weighted by Gasteiger charge is -2.32. The number of ether oxygens (including phenoxy) is 2. The van der Waals surface area contributed by atoms with Crippen molar-refractivity contribution in [1.29, 1.82) is 0 Å². The van der Waals surface area contributed by atoms with Gasteiger partial charge in [-0.3, -0.25) is 9.10 Å². The summed E-state index contributed by atoms with van der Waals surface area (Å²) in [5.74, 6) is 1.28. The number of amides is 1. The SMILES string of the molecule is COc1cccc(CC(=O)N2CCC(Oc3ccc(N(C)S(C)(=O)=O)cn3)CC2)c1. The van der Waals surface area contributed by atoms with Gasteiger partial charge in [-0.1, -0.05) is 12.1 Å². The number of pyridine rings is 1. The van der Waals surface area contributed by atoms with Gasteiger partial charge < -0.3 is 14.4 Å². The molecule has 2 aromatic rings. The van der Waals surface area contributed by atoms with E-state index < -0.39 is 10.0 Å². The number of rotatable bonds is 7. The number of likely N-dealkylation sites (tertiary alicyclic amines) is 1. The first kappa shape index (κ1) is 21.9. The average Bonchev–Trinajstić information content (AvgIpc) is 2.74. The number of carbonyl (C=O) groups excluding carboxylic acids is 1. The maximum atomic E-state index is 12.6. The molecule has 0 bridgehead atoms. The van der Waals surface area contributed by atoms with Gasteiger partial charge in [0, 0.05) is 39.0 Å². The van der Waals surface area contributed by atoms with Crippen molar-refractivity contribution in [2.75, 3.05) is 37.8 Å². The number of nitrogens with zero attached hydrogens (tertiary/aromatic N) is 3. The Labute approximate surface area is 177 Å². The van der Waals surface area contributed by atoms with Crippen molar-refractivity contribution in [3.05, 3.63) is 48.2 Å². The van der Waals surface area contributed by atoms with Crippen LogP contribution in [-0.2, 0) is 21.2 Å². The highest BCUT2D eigenvalue weighted by Crippen LogP contribution is 2.21. The number of aromatic nitrogens is 1. The highest BCUT2D eigenvalue weighted by Gasteiger charge is 2.24. The van der Waals surface area contributed by atoms with Crippen LogP contribution in [0.15, 0.2) is 42.6 Å². The molecule has 0 N–H and O–H groups in total. The van der Waals surface area contributed by atoms with E-state index in [2.05, 4.69) is 4.98 Å². The van der Waals surface area contributed by atoms with E-state index >= 15 is 0 Å². The monoisotopic (exact) mass is 433 g/mol. The van der Waals surface area contributed by atoms with Crippen molar-refractivity contribution in [2.24, 2.45) is 0 Å². The molecule has 0 radical (unpaired) electrons. The Hall–Kier alpha value is -2.81. The summed E-state index contributed by atoms with van der Waals surface area (Å²) in [5, 5.41) is 0. The Bertz CT molecular complexity index is 970. The third-order valence-electron chi connectivity index (χ3n) is 5.15. The number of sulfonamides is 1. The summed E-state index contributed by atoms with van der Waals surface area (Å²) in [5.41, 5.74) is 1.41. The summed E-state index contributed by atoms with van der Waals surface area (Å²) in [6.07, 6.45) is 4.37. The van der Waals surface area contributed by atoms with Gasteiger partial charge >= 0.3 is 0 Å². The van der Waals surface area contributed by atoms with Gasteiger partial charge in [-0.2, -0.15) is 0 Å². The quantitative estimate of drug-likeness (QED) is 0.664. The molecule has 1 amide bonds. The molecule has 0 aliphatic carbocycles. The highest BCUT2D eigenvalue weighted by molar-refractivity contribution is 7.92. The lowest BCUT2D eigenvalue weighted by atomic mass is 10.1. The minimum Gasteiger partial charge on any atom is -0.497 e. The highest BCUT2D eigenvalue weighted by atomic mass is 32.2. The Morgan fingerprint density at radius 1 is 1.23 bits per heavy atom. The fourth-order valence-electron chi connectivity index (χ4n) is 3.28. The van der Waals surface area contributed by atoms with E-state index in [1.807, 2.05) is 29.2 Å². The van der Waals surface area contributed by atoms with Gasteiger partial charge in [-0.25, -0.2) is 13.4 Å². The number of methoxy groups -OCH3 is 1. The summed E-state index contributed by atoms with van der Waals surface area (Å²) >= 11 is 0. The van der Waals surface area contributed by atoms with Crippen LogP contribution in [0.1, 0.15) is 18.4 Å². The van der Waals surface area contributed by atoms with E-state index in [-0.39, 0.29) is 12.0 Å². The third kappa shape index (κ3) is 5.63. The second-order valence-electron chi connectivity index (χ2n) is 7.31. The van der Waals surface area contributed by atoms with Crippen LogP contribution in [0.5, 0.6) is 11.6 Å². The van der Waals surface area contributed by atoms with Crippen LogP contribution in [0.4, 0.5) is 5.69 Å². The largest absolute Gasteiger partial charge is 0.497 e. The van der Waals surface area contributed by atoms with E-state index in [1.54, 1.807) is 19.2 Å². The predicted octanol–water partition coefficient (Wildman–Crippen LogP) is 2.10. The molecule has 0 saturated carbocycles. The summed E-state index contributed by atoms with van der Waals surface area (Å²) in [6.45, 7) is 1.25. The summed E-state index contributed by atoms with van der Waals surface area (Å²) < 4.78 is 35.5. The van der Waals surface area contributed by atoms with Gasteiger partial charge in [0.2, 0.25) is 21.8 Å². The molecule has 3 rings (SSSR count). The zero-order valence-electron chi connectivity index (χ0n) is 17.4. The lowest BCUT2D eigenvalue weighted by Crippen LogP contribution is -2.42. The van der Waals surface area contributed by atoms with Crippen LogP contribution in [-0.4, -0.2) is 63.8 Å². The average molecular weight is 434 g/mol. The first-order chi connectivity index (χ1) is 14.3. The summed E-state index contributed by atoms with van der Waals surface area (Å²) in [4.78, 5) is 18.7. The molecule has 2 heterocycles. The second-order valence-corrected chi connectivity index (χ2v) is 9.33. The van der Waals surface area contributed by atoms with E-state index in [0.29, 0.717) is 31.1 Å². The molecule has 1 aliphatic heterocycles. The Morgan fingerprint density at radius 2 is 1.97 bits per heavy atom. The van der Waals surface area contributed by atoms with Gasteiger partial charge in [0.1, 0.15) is 11.9 Å². The second kappa shape index (κ2) is 9.34. The number of carbonyl (C=O) groups is 1. The number of hydrogen-bond donors (Lipinski definition) is 0. The lowest BCUT2D eigenvalue weighted by molar-refractivity contribution is -0.132. The Balaban J connectivity index is 1.50. The van der Waals surface area contributed by atoms with E-state index in [9.17, 15) is 13.2 Å². The number of anilines is 1. The number of benzene rings is 1. The van der Waals surface area contributed by atoms with Gasteiger partial charge in [0.05, 0.1) is 31.7 Å². The van der Waals surface area contributed by atoms with Crippen LogP contribution in [0.2, 0.25) is 0 Å². The maximum absolute atomic E-state index is 12.6. The molecular formula is C21H27N3O5S. The van der Waals surface area contributed by atoms with Crippen molar-refractivity contribution in [3.8, 4) is 11.6 Å². The van der Waals surface area contributed by atoms with Crippen molar-refractivity contribution >= 4 is 21.6 Å². The molecule has 1 aromatic carbocycles. The summed E-state index contributed by atoms with van der Waals surface area (Å²) in [7, 11) is -0.242. The molecule has 1 saturated heterocycles. The third-order valence-corrected chi connectivity index (χ3v) is 6.36. The van der Waals surface area contributed by atoms with Gasteiger partial charge in [0.25, 0.3) is 0 Å². The molecule has 8 nitrogen and oxygen atoms in total. The molecule has 30 heavy (non-hydrogen) atoms. The fraction of sp³-hybridized carbons (Fsp3) is 0.429. The smallest absolute Gasteiger partial charge is 0.232 e. The Kier molecular flexibility index (Phi) is 6.81. The zero-order chi connectivity index (χ0) is 21.7. The summed E-state index contributed by atoms with van der Waals surface area (Å²) in [6, 6.07) is 10.9. The van der Waals surface area contributed by atoms with Gasteiger partial charge in [0.15, 0.2) is 0 Å². The van der Waals surface area contributed by atoms with Gasteiger partial charge in [-0.15, -0.1) is 0 Å². The van der Waals surface area contributed by atoms with Crippen molar-refractivity contribution in [1.82, 2.24) is 9.88 Å². The maximum Gasteiger partial charge on any atom is 0.232 e. The van der Waals surface area contributed by atoms with Crippen molar-refractivity contribution in [3.63, 3.8) is 0 Å². The van der Waals surface area contributed by atoms with Crippen LogP contribution in [0.25, 0.3) is 0 Å². The van der Waals surface area contributed by atoms with Crippen LogP contribution < -0.4 is 13.8 Å². The zero-order valence-corrected chi connectivity index (χ0v) is 18.3. The normalized spacial score (nSPS) is 15.0. The minimum absolute atomic E-state index is 0.0307. The molecule has 0 spiro atoms. The van der Waals surface area contributed by atoms with Crippen molar-refractivity contribution in [2.45, 2.75) is 25.4 Å². The molecule has 1 aliphatic rings. The molecule has 0 atom stereocenters. The Morgan fingerprint density at radius 3 is 2.57 bits per heavy atom. The van der Waals surface area contributed by atoms with Crippen LogP contribution in [0, 0.1) is 0 Å². The molecule has 1 fully saturated rings. The topological polar surface area (TPSA) is 89.0 Å². The fourth-order valence-corrected chi connectivity index (χ4v) is 3.77. The predicted molar refractivity (Wildman–Crippen MR) is 114 cm³/mol. The molecule has 9 heteroatoms. The first-order valence-electron chi connectivity index (χ1n) is 9.73. The molecule has 1 aromatic heterocycles. The van der Waals surface area contributed by atoms with Crippen molar-refractivity contribution < 1.29 is 22.7 Å². The van der Waals surface area contributed by atoms with Crippen LogP contribution in [0.3, 0.4) is 0 Å². The first-order valence-corrected chi connectivity index (χ1v) is 11.6. The molecule has 162 valence electrons. The van der Waals surface area contributed by atoms with Crippen LogP contribution >= 0.6 is 0 Å². The molecular weight excluding hydrogens is 406 g/mol. The standard InChI is InChI=1S/C21H27N3O5S/c1-23(30(3,26)27)17-7-8-20(22-15-17)29-18-9-11-24(12-10-18)21(25)14-16-5-4-6-19(13-16)28-2/h4-8,13,15,18H,9-12,14H2,1-3H3. The number of hydrogen-bond acceptors (Lipinski definition) is 6. The van der Waals surface area contributed by atoms with E-state index in [1.165, 1.54) is 13.2 Å². The van der Waals surface area contributed by atoms with Gasteiger partial charge in [-0.05, 0) is 23.8 Å². The van der Waals surface area contributed by atoms with E-state index in [0.717, 1.165) is 34.7 Å². The number of piperidine rings is 1. The minimum atomic E-state index is -3.33. The molecule has 0 unspecified atom stereocenters.